The maximum absolute atomic E-state index is 16.8. The lowest BCUT2D eigenvalue weighted by molar-refractivity contribution is -0.181. The highest BCUT2D eigenvalue weighted by Crippen LogP contribution is 2.72. The number of aliphatic hydroxyl groups excluding tert-OH is 2. The molecule has 6 N–H and O–H groups in total. The maximum atomic E-state index is 16.8. The second kappa shape index (κ2) is 22.0. The summed E-state index contributed by atoms with van der Waals surface area (Å²) in [4.78, 5) is 30.8. The van der Waals surface area contributed by atoms with Gasteiger partial charge in [0.05, 0.1) is 18.6 Å². The third-order valence-corrected chi connectivity index (χ3v) is 23.1. The first-order chi connectivity index (χ1) is 40.8. The number of hydrogen-bond donors (Lipinski definition) is 6. The molecule has 0 radical (unpaired) electrons. The van der Waals surface area contributed by atoms with Gasteiger partial charge in [-0.1, -0.05) is 93.8 Å². The minimum atomic E-state index is -1.23. The number of aliphatic hydroxyl groups is 2. The molecule has 6 aromatic carbocycles. The molecule has 14 heteroatoms. The predicted octanol–water partition coefficient (Wildman–Crippen LogP) is 11.8. The van der Waals surface area contributed by atoms with Crippen molar-refractivity contribution in [3.8, 4) is 51.7 Å². The first-order valence-electron chi connectivity index (χ1n) is 30.0. The minimum absolute atomic E-state index is 0.0116. The number of rotatable bonds is 3. The number of carbonyl (C=O) groups excluding carboxylic acids is 2. The molecule has 2 aliphatic heterocycles. The van der Waals surface area contributed by atoms with E-state index in [9.17, 15) is 30.3 Å². The van der Waals surface area contributed by atoms with Gasteiger partial charge >= 0.3 is 11.9 Å². The van der Waals surface area contributed by atoms with Gasteiger partial charge in [0.25, 0.3) is 0 Å². The molecule has 13 unspecified atom stereocenters. The number of esters is 2. The van der Waals surface area contributed by atoms with Crippen LogP contribution in [0.25, 0.3) is 28.0 Å². The summed E-state index contributed by atoms with van der Waals surface area (Å²) in [6, 6.07) is 34.0. The Balaban J connectivity index is 0.997. The number of hydrogen-bond acceptors (Lipinski definition) is 14. The summed E-state index contributed by atoms with van der Waals surface area (Å²) < 4.78 is 26.5. The number of carbonyl (C=O) groups is 2. The van der Waals surface area contributed by atoms with Crippen molar-refractivity contribution in [1.82, 2.24) is 5.32 Å². The van der Waals surface area contributed by atoms with E-state index in [1.54, 1.807) is 19.2 Å². The lowest BCUT2D eigenvalue weighted by Crippen LogP contribution is -2.64. The molecule has 84 heavy (non-hydrogen) atoms. The topological polar surface area (TPSA) is 184 Å². The molecule has 6 aromatic rings. The van der Waals surface area contributed by atoms with Crippen LogP contribution in [0.2, 0.25) is 0 Å². The average Bonchev–Trinajstić information content (AvgIpc) is 0.743. The average molecular weight is 1170 g/mol. The van der Waals surface area contributed by atoms with Crippen molar-refractivity contribution in [3.63, 3.8) is 0 Å². The van der Waals surface area contributed by atoms with Crippen molar-refractivity contribution in [2.75, 3.05) is 26.0 Å². The van der Waals surface area contributed by atoms with Crippen LogP contribution in [-0.2, 0) is 50.3 Å². The molecule has 14 rings (SSSR count). The third-order valence-electron chi connectivity index (χ3n) is 20.5. The molecule has 11 bridgehead atoms. The summed E-state index contributed by atoms with van der Waals surface area (Å²) in [5.41, 5.74) is 7.94. The number of benzene rings is 6. The first kappa shape index (κ1) is 55.3. The van der Waals surface area contributed by atoms with Crippen LogP contribution in [0.1, 0.15) is 115 Å². The highest BCUT2D eigenvalue weighted by molar-refractivity contribution is 8.76. The number of fused-ring (bicyclic) bond motifs is 11. The van der Waals surface area contributed by atoms with Crippen molar-refractivity contribution in [3.05, 3.63) is 153 Å². The van der Waals surface area contributed by atoms with Crippen LogP contribution in [0, 0.1) is 46.8 Å². The first-order valence-corrected chi connectivity index (χ1v) is 32.4. The monoisotopic (exact) mass is 1170 g/mol. The summed E-state index contributed by atoms with van der Waals surface area (Å²) in [7, 11) is 4.39. The van der Waals surface area contributed by atoms with Gasteiger partial charge < -0.3 is 49.8 Å². The van der Waals surface area contributed by atoms with E-state index in [1.165, 1.54) is 39.6 Å². The highest BCUT2D eigenvalue weighted by Gasteiger charge is 2.68. The number of allylic oxidation sites excluding steroid dienone is 1. The summed E-state index contributed by atoms with van der Waals surface area (Å²) in [6.45, 7) is 2.69. The van der Waals surface area contributed by atoms with Gasteiger partial charge in [-0.25, -0.2) is 0 Å². The Labute approximate surface area is 498 Å². The Hall–Kier alpha value is -6.60. The lowest BCUT2D eigenvalue weighted by atomic mass is 9.38. The number of ether oxygens (including phenoxy) is 4. The van der Waals surface area contributed by atoms with Crippen LogP contribution in [0.5, 0.6) is 28.7 Å². The van der Waals surface area contributed by atoms with E-state index in [0.717, 1.165) is 73.7 Å². The minimum Gasteiger partial charge on any atom is -0.508 e. The fraction of sp³-hybridized carbons (Fsp3) is 0.429. The molecule has 0 saturated heterocycles. The zero-order valence-corrected chi connectivity index (χ0v) is 49.0. The molecule has 6 aliphatic carbocycles. The highest BCUT2D eigenvalue weighted by atomic mass is 33.1. The summed E-state index contributed by atoms with van der Waals surface area (Å²) >= 11 is 0. The van der Waals surface area contributed by atoms with Gasteiger partial charge in [0.1, 0.15) is 30.0 Å². The maximum Gasteiger partial charge on any atom is 0.316 e. The fourth-order valence-corrected chi connectivity index (χ4v) is 19.6. The van der Waals surface area contributed by atoms with Crippen LogP contribution in [0.3, 0.4) is 0 Å². The Bertz CT molecular complexity index is 3720. The van der Waals surface area contributed by atoms with Crippen molar-refractivity contribution in [1.29, 1.82) is 0 Å². The Morgan fingerprint density at radius 1 is 0.845 bits per heavy atom. The van der Waals surface area contributed by atoms with Gasteiger partial charge in [0, 0.05) is 55.9 Å². The molecule has 8 aliphatic rings. The normalized spacial score (nSPS) is 31.4. The van der Waals surface area contributed by atoms with Crippen LogP contribution in [0.4, 0.5) is 0 Å². The van der Waals surface area contributed by atoms with Crippen LogP contribution in [0.15, 0.2) is 109 Å². The van der Waals surface area contributed by atoms with E-state index in [2.05, 4.69) is 71.8 Å². The molecular weight excluding hydrogens is 1090 g/mol. The van der Waals surface area contributed by atoms with E-state index in [0.29, 0.717) is 76.0 Å². The number of phenolic OH excluding ortho intramolecular Hbond substituents is 3. The zero-order chi connectivity index (χ0) is 57.6. The van der Waals surface area contributed by atoms with E-state index in [1.807, 2.05) is 42.5 Å². The number of nitrogens with one attached hydrogen (secondary N) is 1. The van der Waals surface area contributed by atoms with Crippen LogP contribution >= 0.6 is 21.6 Å². The fourth-order valence-electron chi connectivity index (χ4n) is 17.4. The van der Waals surface area contributed by atoms with Crippen molar-refractivity contribution in [2.24, 2.45) is 35.0 Å². The lowest BCUT2D eigenvalue weighted by Gasteiger charge is -2.66. The summed E-state index contributed by atoms with van der Waals surface area (Å²) in [5.74, 6) is 5.48. The second-order valence-electron chi connectivity index (χ2n) is 25.2. The van der Waals surface area contributed by atoms with E-state index in [4.69, 9.17) is 18.9 Å². The molecule has 1 spiro atoms. The van der Waals surface area contributed by atoms with Crippen molar-refractivity contribution < 1.29 is 54.1 Å². The van der Waals surface area contributed by atoms with E-state index in [-0.39, 0.29) is 71.6 Å². The Morgan fingerprint density at radius 2 is 1.71 bits per heavy atom. The molecule has 13 atom stereocenters. The molecule has 3 saturated carbocycles. The third kappa shape index (κ3) is 9.61. The zero-order valence-electron chi connectivity index (χ0n) is 47.4. The van der Waals surface area contributed by atoms with Crippen molar-refractivity contribution >= 4 is 50.4 Å². The van der Waals surface area contributed by atoms with Gasteiger partial charge in [-0.2, -0.15) is 0 Å². The Kier molecular flexibility index (Phi) is 14.5. The standard InChI is InChI=1S/C70H71NO11S2/c1-38(72)81-63-29-51-28-56-54-31-65(61(75)24-46(54)22-57-60(74)32-58-55-30-62(76)64(79-2)25-47(55)23-59(63)70(58,67(56)57)49-16-13-42-10-3-4-11-43(42)20-49)80-36-66(77)84-83-37-41-18-39-8-5-6-17-71-35-40-9-7-12-44(19-40)53-27-50(73)21-45-14-15-48(26-52(45)53)69(33-39,34-41)68(78)82-51/h3-4,7,9-12,14-15,19-21,24-27,30-31,39,41,51,56-60,63,66-67,71,73-77H,6,13,16-18,22-23,28-29,32-37H2,1-2H3. The van der Waals surface area contributed by atoms with Gasteiger partial charge in [0.15, 0.2) is 23.0 Å². The van der Waals surface area contributed by atoms with Gasteiger partial charge in [0.2, 0.25) is 0 Å². The van der Waals surface area contributed by atoms with Gasteiger partial charge in [-0.05, 0) is 202 Å². The molecule has 0 aromatic heterocycles. The Morgan fingerprint density at radius 3 is 2.58 bits per heavy atom. The molecule has 2 heterocycles. The number of aromatic hydroxyl groups is 3. The molecular formula is C70H71NO11S2. The molecule has 3 fully saturated rings. The number of phenols is 3. The molecule has 0 amide bonds. The summed E-state index contributed by atoms with van der Waals surface area (Å²) in [6.07, 6.45) is 5.31. The number of aryl methyl sites for hydroxylation is 1. The SMILES string of the molecule is COc1cc2c(cc1O)C1CC(O)C3Cc4cc(O)c5cc4C4CC(CC(OC(C)=O)C(C2)C1(C1=Cc2ccccc2CC1)C43)OC(=O)C12CC(C#CCCNCc3cccc(c3)-c3cc(O)cc4ccc1cc34)CC(CSSC(O)CO5)C2. The predicted molar refractivity (Wildman–Crippen MR) is 326 cm³/mol. The van der Waals surface area contributed by atoms with Crippen LogP contribution < -0.4 is 14.8 Å². The summed E-state index contributed by atoms with van der Waals surface area (Å²) in [5, 5.41) is 65.0. The quantitative estimate of drug-likeness (QED) is 0.0559. The van der Waals surface area contributed by atoms with Gasteiger partial charge in [-0.3, -0.25) is 9.59 Å². The van der Waals surface area contributed by atoms with Gasteiger partial charge in [-0.15, -0.1) is 5.92 Å². The van der Waals surface area contributed by atoms with E-state index < -0.39 is 52.4 Å². The largest absolute Gasteiger partial charge is 0.508 e. The van der Waals surface area contributed by atoms with Crippen LogP contribution in [-0.4, -0.2) is 87.2 Å². The molecule has 434 valence electrons. The van der Waals surface area contributed by atoms with E-state index >= 15 is 4.79 Å². The number of methoxy groups -OCH3 is 1. The second-order valence-corrected chi connectivity index (χ2v) is 27.8. The van der Waals surface area contributed by atoms with Crippen molar-refractivity contribution in [2.45, 2.75) is 125 Å². The smallest absolute Gasteiger partial charge is 0.316 e. The molecule has 12 nitrogen and oxygen atoms in total.